The summed E-state index contributed by atoms with van der Waals surface area (Å²) in [5.74, 6) is -0.571. The van der Waals surface area contributed by atoms with Crippen LogP contribution in [-0.2, 0) is 17.6 Å². The Morgan fingerprint density at radius 2 is 1.69 bits per heavy atom. The van der Waals surface area contributed by atoms with Crippen LogP contribution >= 0.6 is 11.3 Å². The van der Waals surface area contributed by atoms with E-state index in [9.17, 15) is 14.9 Å². The van der Waals surface area contributed by atoms with Crippen LogP contribution in [-0.4, -0.2) is 16.4 Å². The quantitative estimate of drug-likeness (QED) is 0.204. The van der Waals surface area contributed by atoms with Gasteiger partial charge in [0, 0.05) is 27.6 Å². The van der Waals surface area contributed by atoms with Gasteiger partial charge in [-0.1, -0.05) is 30.3 Å². The molecule has 2 aromatic carbocycles. The second kappa shape index (κ2) is 11.1. The maximum atomic E-state index is 13.7. The fourth-order valence-electron chi connectivity index (χ4n) is 5.13. The monoisotopic (exact) mass is 534 g/mol. The summed E-state index contributed by atoms with van der Waals surface area (Å²) in [6.07, 6.45) is 5.66. The molecule has 0 spiro atoms. The number of carbonyl (C=O) groups excluding carboxylic acids is 2. The van der Waals surface area contributed by atoms with Crippen molar-refractivity contribution < 1.29 is 9.59 Å². The van der Waals surface area contributed by atoms with Gasteiger partial charge in [0.2, 0.25) is 0 Å². The van der Waals surface area contributed by atoms with Crippen molar-refractivity contribution in [1.29, 1.82) is 5.26 Å². The van der Waals surface area contributed by atoms with Gasteiger partial charge >= 0.3 is 0 Å². The number of carbonyl (C=O) groups is 2. The number of anilines is 2. The molecule has 0 aliphatic heterocycles. The molecule has 0 unspecified atom stereocenters. The first-order valence-corrected chi connectivity index (χ1v) is 13.9. The standard InChI is InChI=1S/C32H30N4O2S/c1-20-10-9-13-26(16-20)35-30(37)24(19-33)18-23-17-21(2)36(22(23)3)32-29(27-14-7-8-15-28(27)39-32)31(38)34-25-11-5-4-6-12-25/h4-6,9-13,16-18H,7-8,14-15H2,1-3H3,(H,34,38)(H,35,37)/b24-18-. The lowest BCUT2D eigenvalue weighted by molar-refractivity contribution is -0.112. The van der Waals surface area contributed by atoms with Crippen molar-refractivity contribution in [2.24, 2.45) is 0 Å². The summed E-state index contributed by atoms with van der Waals surface area (Å²) in [5.41, 5.74) is 6.86. The van der Waals surface area contributed by atoms with E-state index in [1.54, 1.807) is 23.5 Å². The Bertz CT molecular complexity index is 1640. The van der Waals surface area contributed by atoms with Gasteiger partial charge in [-0.25, -0.2) is 0 Å². The number of hydrogen-bond donors (Lipinski definition) is 2. The third-order valence-corrected chi connectivity index (χ3v) is 8.30. The number of benzene rings is 2. The van der Waals surface area contributed by atoms with Crippen LogP contribution in [0.25, 0.3) is 11.1 Å². The normalized spacial score (nSPS) is 12.9. The molecule has 0 fully saturated rings. The molecular formula is C32H30N4O2S. The molecule has 1 aliphatic rings. The maximum Gasteiger partial charge on any atom is 0.266 e. The number of thiophene rings is 1. The fraction of sp³-hybridized carbons (Fsp3) is 0.219. The minimum atomic E-state index is -0.456. The van der Waals surface area contributed by atoms with Crippen LogP contribution in [0.15, 0.2) is 66.2 Å². The average molecular weight is 535 g/mol. The van der Waals surface area contributed by atoms with Gasteiger partial charge in [0.25, 0.3) is 11.8 Å². The van der Waals surface area contributed by atoms with Gasteiger partial charge in [0.15, 0.2) is 0 Å². The number of nitrogens with zero attached hydrogens (tertiary/aromatic N) is 2. The number of nitrogens with one attached hydrogen (secondary N) is 2. The summed E-state index contributed by atoms with van der Waals surface area (Å²) in [6.45, 7) is 5.90. The lowest BCUT2D eigenvalue weighted by Gasteiger charge is -2.14. The third-order valence-electron chi connectivity index (χ3n) is 7.03. The van der Waals surface area contributed by atoms with Crippen molar-refractivity contribution in [1.82, 2.24) is 4.57 Å². The lowest BCUT2D eigenvalue weighted by Crippen LogP contribution is -2.17. The first-order chi connectivity index (χ1) is 18.9. The SMILES string of the molecule is Cc1cccc(NC(=O)/C(C#N)=C\c2cc(C)n(-c3sc4c(c3C(=O)Nc3ccccc3)CCCC4)c2C)c1. The number of amides is 2. The van der Waals surface area contributed by atoms with E-state index in [1.807, 2.05) is 75.4 Å². The van der Waals surface area contributed by atoms with E-state index in [0.29, 0.717) is 11.3 Å². The van der Waals surface area contributed by atoms with Crippen molar-refractivity contribution >= 4 is 40.6 Å². The number of para-hydroxylation sites is 1. The number of aromatic nitrogens is 1. The first kappa shape index (κ1) is 26.2. The van der Waals surface area contributed by atoms with Gasteiger partial charge in [-0.2, -0.15) is 5.26 Å². The molecule has 196 valence electrons. The third kappa shape index (κ3) is 5.43. The number of nitriles is 1. The average Bonchev–Trinajstić information content (AvgIpc) is 3.43. The van der Waals surface area contributed by atoms with E-state index in [0.717, 1.165) is 64.4 Å². The molecule has 0 bridgehead atoms. The van der Waals surface area contributed by atoms with Gasteiger partial charge in [-0.3, -0.25) is 9.59 Å². The predicted octanol–water partition coefficient (Wildman–Crippen LogP) is 7.14. The van der Waals surface area contributed by atoms with Crippen LogP contribution in [0.1, 0.15) is 56.2 Å². The van der Waals surface area contributed by atoms with Crippen molar-refractivity contribution in [3.05, 3.63) is 105 Å². The van der Waals surface area contributed by atoms with Crippen molar-refractivity contribution in [2.45, 2.75) is 46.5 Å². The highest BCUT2D eigenvalue weighted by molar-refractivity contribution is 7.15. The number of hydrogen-bond acceptors (Lipinski definition) is 4. The van der Waals surface area contributed by atoms with Crippen LogP contribution in [0.3, 0.4) is 0 Å². The van der Waals surface area contributed by atoms with E-state index >= 15 is 0 Å². The Balaban J connectivity index is 1.53. The second-order valence-corrected chi connectivity index (χ2v) is 11.0. The number of fused-ring (bicyclic) bond motifs is 1. The van der Waals surface area contributed by atoms with Gasteiger partial charge in [-0.15, -0.1) is 11.3 Å². The molecule has 1 aliphatic carbocycles. The van der Waals surface area contributed by atoms with Crippen LogP contribution in [0.5, 0.6) is 0 Å². The number of aryl methyl sites for hydroxylation is 3. The Morgan fingerprint density at radius 1 is 0.949 bits per heavy atom. The Labute approximate surface area is 232 Å². The molecular weight excluding hydrogens is 504 g/mol. The van der Waals surface area contributed by atoms with E-state index in [1.165, 1.54) is 4.88 Å². The summed E-state index contributed by atoms with van der Waals surface area (Å²) in [7, 11) is 0. The highest BCUT2D eigenvalue weighted by atomic mass is 32.1. The zero-order chi connectivity index (χ0) is 27.5. The smallest absolute Gasteiger partial charge is 0.266 e. The van der Waals surface area contributed by atoms with Gasteiger partial charge < -0.3 is 15.2 Å². The van der Waals surface area contributed by atoms with E-state index in [4.69, 9.17) is 0 Å². The molecule has 0 saturated carbocycles. The highest BCUT2D eigenvalue weighted by Gasteiger charge is 2.28. The molecule has 5 rings (SSSR count). The van der Waals surface area contributed by atoms with E-state index in [2.05, 4.69) is 21.3 Å². The minimum Gasteiger partial charge on any atom is -0.322 e. The largest absolute Gasteiger partial charge is 0.322 e. The van der Waals surface area contributed by atoms with Crippen molar-refractivity contribution in [3.63, 3.8) is 0 Å². The maximum absolute atomic E-state index is 13.7. The van der Waals surface area contributed by atoms with Crippen LogP contribution in [0, 0.1) is 32.1 Å². The van der Waals surface area contributed by atoms with Crippen LogP contribution in [0.4, 0.5) is 11.4 Å². The minimum absolute atomic E-state index is 0.0178. The molecule has 0 saturated heterocycles. The molecule has 2 aromatic heterocycles. The summed E-state index contributed by atoms with van der Waals surface area (Å²) in [4.78, 5) is 27.8. The molecule has 0 radical (unpaired) electrons. The molecule has 6 nitrogen and oxygen atoms in total. The van der Waals surface area contributed by atoms with E-state index in [-0.39, 0.29) is 11.5 Å². The Kier molecular flexibility index (Phi) is 7.49. The summed E-state index contributed by atoms with van der Waals surface area (Å²) in [5, 5.41) is 16.6. The van der Waals surface area contributed by atoms with Gasteiger partial charge in [0.1, 0.15) is 16.6 Å². The van der Waals surface area contributed by atoms with Crippen molar-refractivity contribution in [3.8, 4) is 11.1 Å². The summed E-state index contributed by atoms with van der Waals surface area (Å²) < 4.78 is 2.09. The lowest BCUT2D eigenvalue weighted by atomic mass is 9.95. The molecule has 0 atom stereocenters. The molecule has 7 heteroatoms. The van der Waals surface area contributed by atoms with Crippen molar-refractivity contribution in [2.75, 3.05) is 10.6 Å². The molecule has 39 heavy (non-hydrogen) atoms. The zero-order valence-corrected chi connectivity index (χ0v) is 23.1. The molecule has 2 heterocycles. The predicted molar refractivity (Wildman–Crippen MR) is 158 cm³/mol. The zero-order valence-electron chi connectivity index (χ0n) is 22.3. The number of rotatable bonds is 6. The van der Waals surface area contributed by atoms with E-state index < -0.39 is 5.91 Å². The topological polar surface area (TPSA) is 86.9 Å². The second-order valence-electron chi connectivity index (χ2n) is 9.87. The summed E-state index contributed by atoms with van der Waals surface area (Å²) in [6, 6.07) is 21.0. The first-order valence-electron chi connectivity index (χ1n) is 13.1. The molecule has 4 aromatic rings. The molecule has 2 amide bonds. The summed E-state index contributed by atoms with van der Waals surface area (Å²) >= 11 is 1.67. The Hall–Kier alpha value is -4.41. The highest BCUT2D eigenvalue weighted by Crippen LogP contribution is 2.39. The molecule has 2 N–H and O–H groups in total. The fourth-order valence-corrected chi connectivity index (χ4v) is 6.63. The van der Waals surface area contributed by atoms with Gasteiger partial charge in [-0.05, 0) is 99.6 Å². The van der Waals surface area contributed by atoms with Crippen LogP contribution in [0.2, 0.25) is 0 Å². The van der Waals surface area contributed by atoms with Crippen LogP contribution < -0.4 is 10.6 Å². The Morgan fingerprint density at radius 3 is 2.44 bits per heavy atom. The van der Waals surface area contributed by atoms with Gasteiger partial charge in [0.05, 0.1) is 5.56 Å².